The molecule has 84 heavy (non-hydrogen) atoms. The lowest BCUT2D eigenvalue weighted by Crippen LogP contribution is -2.20. The van der Waals surface area contributed by atoms with Crippen LogP contribution in [0, 0.1) is 0 Å². The summed E-state index contributed by atoms with van der Waals surface area (Å²) in [5, 5.41) is 10.4. The Hall–Kier alpha value is -8.98. The third-order valence-corrected chi connectivity index (χ3v) is 18.5. The number of hydrogen-bond donors (Lipinski definition) is 0. The highest BCUT2D eigenvalue weighted by molar-refractivity contribution is 6.45. The SMILES string of the molecule is CC(C)(C)c1cc(C(C)(C)C)c(-c2ccccc2)c(-c2ccc3c(c2)c2c4c5ccccc5n5c6ccc(-c7c(-c8ccccc8)c(C(C)(C)C)cc(C(C)(C)C)c7-c7ccccc7)cc6c(c6c7ccccc7n3c62)c45)c1-c1ccccc1. The van der Waals surface area contributed by atoms with Crippen LogP contribution in [-0.2, 0) is 21.7 Å². The number of hydrogen-bond acceptors (Lipinski definition) is 0. The highest BCUT2D eigenvalue weighted by atomic mass is 14.9. The quantitative estimate of drug-likeness (QED) is 0.157. The maximum atomic E-state index is 2.62. The van der Waals surface area contributed by atoms with Crippen LogP contribution in [0.2, 0.25) is 0 Å². The first-order valence-electron chi connectivity index (χ1n) is 30.3. The van der Waals surface area contributed by atoms with Gasteiger partial charge in [0.1, 0.15) is 0 Å². The fourth-order valence-corrected chi connectivity index (χ4v) is 14.8. The minimum Gasteiger partial charge on any atom is -0.308 e. The van der Waals surface area contributed by atoms with Gasteiger partial charge in [0, 0.05) is 43.1 Å². The van der Waals surface area contributed by atoms with E-state index in [4.69, 9.17) is 0 Å². The van der Waals surface area contributed by atoms with Crippen molar-refractivity contribution in [2.45, 2.75) is 105 Å². The second-order valence-electron chi connectivity index (χ2n) is 28.0. The molecule has 0 spiro atoms. The van der Waals surface area contributed by atoms with Crippen molar-refractivity contribution in [3.05, 3.63) is 241 Å². The molecule has 0 aliphatic heterocycles. The standard InChI is InChI=1S/C82H72N2/c1-79(2,3)59-47-60(80(4,5)6)68(50-31-19-14-20-32-50)71(67(59)49-29-17-13-18-30-49)53-41-43-65-57(45-53)75-73-55-37-25-28-40-64(55)84-66-44-42-54(46-58(66)76(78(73)84)74-56-38-26-27-39-63(56)83(65)77(74)75)72-69(51-33-21-15-22-34-51)61(81(7,8)9)48-62(82(10,11)12)70(72)52-35-23-16-24-36-52/h13-48H,1-12H3. The number of nitrogens with zero attached hydrogens (tertiary/aromatic N) is 2. The zero-order valence-corrected chi connectivity index (χ0v) is 50.7. The minimum absolute atomic E-state index is 0.153. The van der Waals surface area contributed by atoms with E-state index in [0.717, 1.165) is 0 Å². The van der Waals surface area contributed by atoms with Crippen LogP contribution in [0.15, 0.2) is 218 Å². The van der Waals surface area contributed by atoms with E-state index >= 15 is 0 Å². The summed E-state index contributed by atoms with van der Waals surface area (Å²) in [5.41, 5.74) is 27.5. The molecule has 2 heteroatoms. The molecule has 11 aromatic carbocycles. The molecule has 410 valence electrons. The fourth-order valence-electron chi connectivity index (χ4n) is 14.8. The molecule has 0 unspecified atom stereocenters. The zero-order chi connectivity index (χ0) is 57.9. The first-order valence-corrected chi connectivity index (χ1v) is 30.3. The van der Waals surface area contributed by atoms with Crippen molar-refractivity contribution in [3.8, 4) is 66.8 Å². The second kappa shape index (κ2) is 18.3. The van der Waals surface area contributed by atoms with Crippen LogP contribution < -0.4 is 0 Å². The predicted octanol–water partition coefficient (Wildman–Crippen LogP) is 23.2. The Labute approximate surface area is 494 Å². The second-order valence-corrected chi connectivity index (χ2v) is 28.0. The average Bonchev–Trinajstić information content (AvgIpc) is 1.98. The van der Waals surface area contributed by atoms with E-state index < -0.39 is 0 Å². The van der Waals surface area contributed by atoms with Crippen LogP contribution in [0.4, 0.5) is 0 Å². The van der Waals surface area contributed by atoms with Crippen molar-refractivity contribution in [2.75, 3.05) is 0 Å². The Morgan fingerprint density at radius 2 is 0.464 bits per heavy atom. The Balaban J connectivity index is 1.13. The molecule has 2 nitrogen and oxygen atoms in total. The first kappa shape index (κ1) is 51.9. The van der Waals surface area contributed by atoms with Gasteiger partial charge in [-0.25, -0.2) is 0 Å². The third kappa shape index (κ3) is 7.61. The monoisotopic (exact) mass is 1080 g/mol. The normalized spacial score (nSPS) is 13.0. The lowest BCUT2D eigenvalue weighted by molar-refractivity contribution is 0.570. The van der Waals surface area contributed by atoms with E-state index in [2.05, 4.69) is 310 Å². The molecular weight excluding hydrogens is 1010 g/mol. The van der Waals surface area contributed by atoms with E-state index in [1.807, 2.05) is 0 Å². The number of aromatic nitrogens is 2. The lowest BCUT2D eigenvalue weighted by Gasteiger charge is -2.33. The van der Waals surface area contributed by atoms with Gasteiger partial charge < -0.3 is 8.80 Å². The van der Waals surface area contributed by atoms with Crippen LogP contribution in [0.1, 0.15) is 105 Å². The number of fused-ring (bicyclic) bond motifs is 14. The van der Waals surface area contributed by atoms with Crippen LogP contribution in [0.5, 0.6) is 0 Å². The first-order chi connectivity index (χ1) is 40.3. The topological polar surface area (TPSA) is 8.82 Å². The van der Waals surface area contributed by atoms with Gasteiger partial charge in [0.15, 0.2) is 0 Å². The molecule has 15 aromatic rings. The summed E-state index contributed by atoms with van der Waals surface area (Å²) in [5.74, 6) is 0. The van der Waals surface area contributed by atoms with Gasteiger partial charge >= 0.3 is 0 Å². The van der Waals surface area contributed by atoms with Crippen LogP contribution >= 0.6 is 0 Å². The minimum atomic E-state index is -0.153. The van der Waals surface area contributed by atoms with Gasteiger partial charge in [-0.1, -0.05) is 265 Å². The molecule has 4 heterocycles. The third-order valence-electron chi connectivity index (χ3n) is 18.5. The van der Waals surface area contributed by atoms with Gasteiger partial charge in [0.2, 0.25) is 0 Å². The highest BCUT2D eigenvalue weighted by Crippen LogP contribution is 2.57. The summed E-state index contributed by atoms with van der Waals surface area (Å²) in [6, 6.07) is 83.2. The molecule has 0 aliphatic carbocycles. The van der Waals surface area contributed by atoms with Gasteiger partial charge in [-0.2, -0.15) is 0 Å². The van der Waals surface area contributed by atoms with E-state index in [1.165, 1.54) is 165 Å². The molecule has 0 atom stereocenters. The molecule has 0 N–H and O–H groups in total. The van der Waals surface area contributed by atoms with Crippen LogP contribution in [0.25, 0.3) is 143 Å². The molecule has 0 fully saturated rings. The fraction of sp³-hybridized carbons (Fsp3) is 0.195. The largest absolute Gasteiger partial charge is 0.308 e. The number of benzene rings is 11. The summed E-state index contributed by atoms with van der Waals surface area (Å²) in [4.78, 5) is 0. The lowest BCUT2D eigenvalue weighted by atomic mass is 9.70. The van der Waals surface area contributed by atoms with Crippen LogP contribution in [-0.4, -0.2) is 8.80 Å². The Morgan fingerprint density at radius 3 is 0.750 bits per heavy atom. The number of rotatable bonds is 6. The molecule has 0 saturated heterocycles. The zero-order valence-electron chi connectivity index (χ0n) is 50.7. The summed E-state index contributed by atoms with van der Waals surface area (Å²) in [7, 11) is 0. The Kier molecular flexibility index (Phi) is 11.3. The summed E-state index contributed by atoms with van der Waals surface area (Å²) >= 11 is 0. The molecular formula is C82H72N2. The highest BCUT2D eigenvalue weighted by Gasteiger charge is 2.35. The van der Waals surface area contributed by atoms with E-state index in [1.54, 1.807) is 0 Å². The summed E-state index contributed by atoms with van der Waals surface area (Å²) in [6.07, 6.45) is 0. The van der Waals surface area contributed by atoms with Crippen molar-refractivity contribution in [1.82, 2.24) is 8.80 Å². The molecule has 0 radical (unpaired) electrons. The smallest absolute Gasteiger partial charge is 0.0634 e. The van der Waals surface area contributed by atoms with Gasteiger partial charge in [0.25, 0.3) is 0 Å². The van der Waals surface area contributed by atoms with Crippen molar-refractivity contribution in [2.24, 2.45) is 0 Å². The van der Waals surface area contributed by atoms with Gasteiger partial charge in [-0.3, -0.25) is 0 Å². The average molecular weight is 1090 g/mol. The summed E-state index contributed by atoms with van der Waals surface area (Å²) < 4.78 is 5.24. The van der Waals surface area contributed by atoms with Gasteiger partial charge in [0.05, 0.1) is 33.1 Å². The predicted molar refractivity (Wildman–Crippen MR) is 363 cm³/mol. The van der Waals surface area contributed by atoms with Gasteiger partial charge in [-0.05, 0) is 147 Å². The molecule has 0 aliphatic rings. The molecule has 0 saturated carbocycles. The Bertz CT molecular complexity index is 4620. The van der Waals surface area contributed by atoms with Crippen molar-refractivity contribution in [3.63, 3.8) is 0 Å². The summed E-state index contributed by atoms with van der Waals surface area (Å²) in [6.45, 7) is 28.6. The number of para-hydroxylation sites is 2. The van der Waals surface area contributed by atoms with Crippen LogP contribution in [0.3, 0.4) is 0 Å². The molecule has 0 amide bonds. The van der Waals surface area contributed by atoms with E-state index in [9.17, 15) is 0 Å². The Morgan fingerprint density at radius 1 is 0.214 bits per heavy atom. The van der Waals surface area contributed by atoms with E-state index in [0.29, 0.717) is 0 Å². The van der Waals surface area contributed by atoms with E-state index in [-0.39, 0.29) is 21.7 Å². The van der Waals surface area contributed by atoms with Gasteiger partial charge in [-0.15, -0.1) is 0 Å². The van der Waals surface area contributed by atoms with Crippen molar-refractivity contribution in [1.29, 1.82) is 0 Å². The molecule has 4 aromatic heterocycles. The molecule has 15 rings (SSSR count). The van der Waals surface area contributed by atoms with Crippen molar-refractivity contribution >= 4 is 76.2 Å². The molecule has 0 bridgehead atoms. The maximum absolute atomic E-state index is 2.62. The maximum Gasteiger partial charge on any atom is 0.0634 e. The van der Waals surface area contributed by atoms with Crippen molar-refractivity contribution < 1.29 is 0 Å².